The van der Waals surface area contributed by atoms with Crippen molar-refractivity contribution in [2.75, 3.05) is 18.6 Å². The molecule has 0 aliphatic carbocycles. The standard InChI is InChI=1S/C13H28N2OS/c1-4-5-7-10-17-11-8-6-9-13(2,15-3)12(14)16/h15H,4-11H2,1-3H3,(H2,14,16). The van der Waals surface area contributed by atoms with Crippen molar-refractivity contribution < 1.29 is 4.79 Å². The zero-order chi connectivity index (χ0) is 13.1. The van der Waals surface area contributed by atoms with Gasteiger partial charge >= 0.3 is 0 Å². The van der Waals surface area contributed by atoms with E-state index in [2.05, 4.69) is 12.2 Å². The summed E-state index contributed by atoms with van der Waals surface area (Å²) in [6.07, 6.45) is 7.01. The average molecular weight is 260 g/mol. The number of primary amides is 1. The number of amides is 1. The monoisotopic (exact) mass is 260 g/mol. The second-order valence-corrected chi connectivity index (χ2v) is 5.95. The van der Waals surface area contributed by atoms with Crippen LogP contribution in [-0.4, -0.2) is 30.0 Å². The highest BCUT2D eigenvalue weighted by molar-refractivity contribution is 7.99. The molecule has 17 heavy (non-hydrogen) atoms. The summed E-state index contributed by atoms with van der Waals surface area (Å²) in [7, 11) is 1.80. The number of thioether (sulfide) groups is 1. The van der Waals surface area contributed by atoms with Crippen LogP contribution in [0.3, 0.4) is 0 Å². The van der Waals surface area contributed by atoms with Gasteiger partial charge in [-0.2, -0.15) is 11.8 Å². The molecule has 0 radical (unpaired) electrons. The van der Waals surface area contributed by atoms with Gasteiger partial charge in [-0.15, -0.1) is 0 Å². The Morgan fingerprint density at radius 2 is 1.82 bits per heavy atom. The summed E-state index contributed by atoms with van der Waals surface area (Å²) in [5.41, 5.74) is 4.84. The number of hydrogen-bond acceptors (Lipinski definition) is 3. The summed E-state index contributed by atoms with van der Waals surface area (Å²) in [5.74, 6) is 2.21. The lowest BCUT2D eigenvalue weighted by atomic mass is 9.94. The zero-order valence-electron chi connectivity index (χ0n) is 11.6. The van der Waals surface area contributed by atoms with Crippen molar-refractivity contribution >= 4 is 17.7 Å². The number of likely N-dealkylation sites (N-methyl/N-ethyl adjacent to an activating group) is 1. The van der Waals surface area contributed by atoms with E-state index in [9.17, 15) is 4.79 Å². The van der Waals surface area contributed by atoms with Gasteiger partial charge in [0.2, 0.25) is 5.91 Å². The van der Waals surface area contributed by atoms with Crippen molar-refractivity contribution in [1.29, 1.82) is 0 Å². The Morgan fingerprint density at radius 3 is 2.29 bits per heavy atom. The van der Waals surface area contributed by atoms with E-state index < -0.39 is 5.54 Å². The lowest BCUT2D eigenvalue weighted by Gasteiger charge is -2.25. The molecule has 1 atom stereocenters. The number of nitrogens with two attached hydrogens (primary N) is 1. The molecule has 3 N–H and O–H groups in total. The minimum atomic E-state index is -0.535. The molecule has 0 aromatic rings. The fourth-order valence-corrected chi connectivity index (χ4v) is 2.63. The van der Waals surface area contributed by atoms with Crippen molar-refractivity contribution in [2.24, 2.45) is 5.73 Å². The first-order chi connectivity index (χ1) is 8.06. The first kappa shape index (κ1) is 16.8. The molecule has 3 nitrogen and oxygen atoms in total. The molecule has 4 heteroatoms. The average Bonchev–Trinajstić information content (AvgIpc) is 2.32. The number of unbranched alkanes of at least 4 members (excludes halogenated alkanes) is 3. The van der Waals surface area contributed by atoms with Gasteiger partial charge in [-0.25, -0.2) is 0 Å². The predicted octanol–water partition coefficient (Wildman–Crippen LogP) is 2.54. The highest BCUT2D eigenvalue weighted by Crippen LogP contribution is 2.15. The van der Waals surface area contributed by atoms with E-state index in [0.717, 1.165) is 12.8 Å². The number of rotatable bonds is 11. The highest BCUT2D eigenvalue weighted by atomic mass is 32.2. The van der Waals surface area contributed by atoms with Crippen LogP contribution in [0.2, 0.25) is 0 Å². The maximum Gasteiger partial charge on any atom is 0.237 e. The molecule has 0 aromatic carbocycles. The summed E-state index contributed by atoms with van der Waals surface area (Å²) in [6, 6.07) is 0. The van der Waals surface area contributed by atoms with Gasteiger partial charge < -0.3 is 11.1 Å². The predicted molar refractivity (Wildman–Crippen MR) is 77.4 cm³/mol. The van der Waals surface area contributed by atoms with Crippen LogP contribution in [0.5, 0.6) is 0 Å². The Labute approximate surface area is 110 Å². The topological polar surface area (TPSA) is 55.1 Å². The van der Waals surface area contributed by atoms with Crippen molar-refractivity contribution in [3.63, 3.8) is 0 Å². The third-order valence-electron chi connectivity index (χ3n) is 3.20. The molecule has 0 rings (SSSR count). The Morgan fingerprint density at radius 1 is 1.24 bits per heavy atom. The minimum Gasteiger partial charge on any atom is -0.368 e. The molecule has 0 saturated heterocycles. The van der Waals surface area contributed by atoms with Gasteiger partial charge in [0.1, 0.15) is 0 Å². The second kappa shape index (κ2) is 9.77. The number of hydrogen-bond donors (Lipinski definition) is 2. The zero-order valence-corrected chi connectivity index (χ0v) is 12.4. The normalized spacial score (nSPS) is 14.5. The molecule has 0 heterocycles. The van der Waals surface area contributed by atoms with Crippen molar-refractivity contribution in [1.82, 2.24) is 5.32 Å². The molecule has 0 aliphatic heterocycles. The Balaban J connectivity index is 3.47. The summed E-state index contributed by atoms with van der Waals surface area (Å²) < 4.78 is 0. The molecule has 0 saturated carbocycles. The summed E-state index contributed by atoms with van der Waals surface area (Å²) >= 11 is 2.02. The molecule has 0 spiro atoms. The van der Waals surface area contributed by atoms with E-state index in [-0.39, 0.29) is 5.91 Å². The molecular weight excluding hydrogens is 232 g/mol. The van der Waals surface area contributed by atoms with Gasteiger partial charge in [0.15, 0.2) is 0 Å². The molecule has 0 aliphatic rings. The fraction of sp³-hybridized carbons (Fsp3) is 0.923. The van der Waals surface area contributed by atoms with E-state index in [4.69, 9.17) is 5.73 Å². The minimum absolute atomic E-state index is 0.254. The van der Waals surface area contributed by atoms with Crippen LogP contribution >= 0.6 is 11.8 Å². The highest BCUT2D eigenvalue weighted by Gasteiger charge is 2.27. The summed E-state index contributed by atoms with van der Waals surface area (Å²) in [4.78, 5) is 11.2. The fourth-order valence-electron chi connectivity index (χ4n) is 1.61. The molecule has 0 bridgehead atoms. The quantitative estimate of drug-likeness (QED) is 0.561. The molecule has 0 fully saturated rings. The van der Waals surface area contributed by atoms with Crippen LogP contribution in [0.15, 0.2) is 0 Å². The molecule has 102 valence electrons. The van der Waals surface area contributed by atoms with Crippen molar-refractivity contribution in [2.45, 2.75) is 57.9 Å². The number of nitrogens with one attached hydrogen (secondary N) is 1. The first-order valence-corrected chi connectivity index (χ1v) is 7.79. The lowest BCUT2D eigenvalue weighted by Crippen LogP contribution is -2.51. The maximum atomic E-state index is 11.2. The third-order valence-corrected chi connectivity index (χ3v) is 4.36. The van der Waals surface area contributed by atoms with E-state index in [1.807, 2.05) is 18.7 Å². The molecule has 1 unspecified atom stereocenters. The Bertz CT molecular complexity index is 212. The Kier molecular flexibility index (Phi) is 9.65. The van der Waals surface area contributed by atoms with Crippen LogP contribution in [0.1, 0.15) is 52.4 Å². The van der Waals surface area contributed by atoms with Gasteiger partial charge in [-0.1, -0.05) is 26.2 Å². The smallest absolute Gasteiger partial charge is 0.237 e. The van der Waals surface area contributed by atoms with Crippen LogP contribution in [0.25, 0.3) is 0 Å². The van der Waals surface area contributed by atoms with E-state index in [0.29, 0.717) is 0 Å². The van der Waals surface area contributed by atoms with Gasteiger partial charge in [0.25, 0.3) is 0 Å². The maximum absolute atomic E-state index is 11.2. The van der Waals surface area contributed by atoms with Gasteiger partial charge in [-0.3, -0.25) is 4.79 Å². The van der Waals surface area contributed by atoms with E-state index >= 15 is 0 Å². The van der Waals surface area contributed by atoms with Crippen molar-refractivity contribution in [3.05, 3.63) is 0 Å². The third kappa shape index (κ3) is 7.66. The SMILES string of the molecule is CCCCCSCCCCC(C)(NC)C(N)=O. The van der Waals surface area contributed by atoms with E-state index in [1.54, 1.807) is 7.05 Å². The molecule has 1 amide bonds. The number of carbonyl (C=O) groups is 1. The summed E-state index contributed by atoms with van der Waals surface area (Å²) in [5, 5.41) is 3.02. The summed E-state index contributed by atoms with van der Waals surface area (Å²) in [6.45, 7) is 4.11. The Hall–Kier alpha value is -0.220. The van der Waals surface area contributed by atoms with E-state index in [1.165, 1.54) is 37.2 Å². The first-order valence-electron chi connectivity index (χ1n) is 6.63. The van der Waals surface area contributed by atoms with Crippen LogP contribution in [0.4, 0.5) is 0 Å². The molecular formula is C13H28N2OS. The van der Waals surface area contributed by atoms with Gasteiger partial charge in [0, 0.05) is 0 Å². The van der Waals surface area contributed by atoms with Gasteiger partial charge in [0.05, 0.1) is 5.54 Å². The van der Waals surface area contributed by atoms with Gasteiger partial charge in [-0.05, 0) is 44.7 Å². The second-order valence-electron chi connectivity index (χ2n) is 4.72. The lowest BCUT2D eigenvalue weighted by molar-refractivity contribution is -0.123. The van der Waals surface area contributed by atoms with Crippen molar-refractivity contribution in [3.8, 4) is 0 Å². The van der Waals surface area contributed by atoms with Crippen LogP contribution < -0.4 is 11.1 Å². The van der Waals surface area contributed by atoms with Crippen LogP contribution in [0, 0.1) is 0 Å². The largest absolute Gasteiger partial charge is 0.368 e. The number of carbonyl (C=O) groups excluding carboxylic acids is 1. The van der Waals surface area contributed by atoms with Crippen LogP contribution in [-0.2, 0) is 4.79 Å². The molecule has 0 aromatic heterocycles.